The lowest BCUT2D eigenvalue weighted by atomic mass is 9.75. The third-order valence-electron chi connectivity index (χ3n) is 4.01. The normalized spacial score (nSPS) is 21.6. The van der Waals surface area contributed by atoms with Gasteiger partial charge < -0.3 is 10.5 Å². The number of rotatable bonds is 5. The van der Waals surface area contributed by atoms with Crippen molar-refractivity contribution in [1.82, 2.24) is 5.32 Å². The molecule has 1 aromatic rings. The molecular weight excluding hydrogens is 252 g/mol. The summed E-state index contributed by atoms with van der Waals surface area (Å²) >= 11 is 0. The number of methoxy groups -OCH3 is 1. The Morgan fingerprint density at radius 3 is 2.85 bits per heavy atom. The molecule has 1 amide bonds. The Kier molecular flexibility index (Phi) is 4.33. The number of benzene rings is 1. The van der Waals surface area contributed by atoms with Crippen LogP contribution in [0.3, 0.4) is 0 Å². The van der Waals surface area contributed by atoms with Gasteiger partial charge in [0.15, 0.2) is 0 Å². The minimum absolute atomic E-state index is 0.299. The molecule has 0 fully saturated rings. The largest absolute Gasteiger partial charge is 0.497 e. The molecule has 110 valence electrons. The molecule has 1 aromatic carbocycles. The smallest absolute Gasteiger partial charge is 0.242 e. The van der Waals surface area contributed by atoms with E-state index in [9.17, 15) is 4.79 Å². The standard InChI is InChI=1S/C16H24N2O2/c1-11(2)10-18-16(15(17)19)8-4-5-12-6-7-13(20-3)9-14(12)16/h6-7,9,11,18H,4-5,8,10H2,1-3H3,(H2,17,19). The van der Waals surface area contributed by atoms with Crippen molar-refractivity contribution in [2.75, 3.05) is 13.7 Å². The van der Waals surface area contributed by atoms with Crippen LogP contribution in [0.5, 0.6) is 5.75 Å². The molecule has 0 aromatic heterocycles. The summed E-state index contributed by atoms with van der Waals surface area (Å²) < 4.78 is 5.30. The molecule has 4 heteroatoms. The van der Waals surface area contributed by atoms with Gasteiger partial charge in [-0.1, -0.05) is 19.9 Å². The fraction of sp³-hybridized carbons (Fsp3) is 0.562. The topological polar surface area (TPSA) is 64.3 Å². The van der Waals surface area contributed by atoms with E-state index in [1.165, 1.54) is 5.56 Å². The summed E-state index contributed by atoms with van der Waals surface area (Å²) in [6.45, 7) is 5.01. The van der Waals surface area contributed by atoms with Crippen LogP contribution < -0.4 is 15.8 Å². The molecule has 1 atom stereocenters. The average Bonchev–Trinajstić information content (AvgIpc) is 2.44. The number of hydrogen-bond donors (Lipinski definition) is 2. The summed E-state index contributed by atoms with van der Waals surface area (Å²) in [5.74, 6) is 0.928. The number of fused-ring (bicyclic) bond motifs is 1. The van der Waals surface area contributed by atoms with Gasteiger partial charge in [-0.25, -0.2) is 0 Å². The molecule has 0 heterocycles. The molecule has 0 bridgehead atoms. The molecule has 0 aliphatic heterocycles. The van der Waals surface area contributed by atoms with E-state index in [1.807, 2.05) is 18.2 Å². The highest BCUT2D eigenvalue weighted by atomic mass is 16.5. The number of amides is 1. The zero-order chi connectivity index (χ0) is 14.8. The molecule has 1 aliphatic rings. The Bertz CT molecular complexity index is 499. The van der Waals surface area contributed by atoms with E-state index in [0.29, 0.717) is 5.92 Å². The van der Waals surface area contributed by atoms with Crippen LogP contribution in [0.4, 0.5) is 0 Å². The molecule has 0 spiro atoms. The van der Waals surface area contributed by atoms with Crippen molar-refractivity contribution in [2.24, 2.45) is 11.7 Å². The quantitative estimate of drug-likeness (QED) is 0.864. The van der Waals surface area contributed by atoms with Crippen LogP contribution in [0.25, 0.3) is 0 Å². The Balaban J connectivity index is 2.46. The molecule has 0 saturated heterocycles. The third-order valence-corrected chi connectivity index (χ3v) is 4.01. The minimum atomic E-state index is -0.758. The highest BCUT2D eigenvalue weighted by molar-refractivity contribution is 5.87. The van der Waals surface area contributed by atoms with E-state index in [1.54, 1.807) is 7.11 Å². The third kappa shape index (κ3) is 2.66. The number of ether oxygens (including phenoxy) is 1. The summed E-state index contributed by atoms with van der Waals surface area (Å²) in [5, 5.41) is 3.41. The van der Waals surface area contributed by atoms with Gasteiger partial charge in [-0.2, -0.15) is 0 Å². The second kappa shape index (κ2) is 5.83. The molecule has 1 aliphatic carbocycles. The van der Waals surface area contributed by atoms with Crippen molar-refractivity contribution in [1.29, 1.82) is 0 Å². The van der Waals surface area contributed by atoms with Crippen LogP contribution in [-0.2, 0) is 16.8 Å². The van der Waals surface area contributed by atoms with E-state index < -0.39 is 5.54 Å². The predicted octanol–water partition coefficient (Wildman–Crippen LogP) is 1.96. The van der Waals surface area contributed by atoms with Gasteiger partial charge in [0.05, 0.1) is 7.11 Å². The fourth-order valence-corrected chi connectivity index (χ4v) is 2.88. The first-order chi connectivity index (χ1) is 9.49. The van der Waals surface area contributed by atoms with Gasteiger partial charge in [-0.15, -0.1) is 0 Å². The van der Waals surface area contributed by atoms with Crippen molar-refractivity contribution in [3.05, 3.63) is 29.3 Å². The van der Waals surface area contributed by atoms with E-state index in [0.717, 1.165) is 37.1 Å². The summed E-state index contributed by atoms with van der Waals surface area (Å²) in [5.41, 5.74) is 7.16. The lowest BCUT2D eigenvalue weighted by Gasteiger charge is -2.38. The van der Waals surface area contributed by atoms with E-state index in [4.69, 9.17) is 10.5 Å². The van der Waals surface area contributed by atoms with Gasteiger partial charge in [0.1, 0.15) is 11.3 Å². The first-order valence-electron chi connectivity index (χ1n) is 7.22. The number of carbonyl (C=O) groups excluding carboxylic acids is 1. The Hall–Kier alpha value is -1.55. The van der Waals surface area contributed by atoms with Crippen molar-refractivity contribution in [3.63, 3.8) is 0 Å². The van der Waals surface area contributed by atoms with Crippen LogP contribution >= 0.6 is 0 Å². The summed E-state index contributed by atoms with van der Waals surface area (Å²) in [7, 11) is 1.64. The SMILES string of the molecule is COc1ccc2c(c1)C(NCC(C)C)(C(N)=O)CCC2. The zero-order valence-corrected chi connectivity index (χ0v) is 12.5. The van der Waals surface area contributed by atoms with Gasteiger partial charge in [0, 0.05) is 0 Å². The Morgan fingerprint density at radius 2 is 2.25 bits per heavy atom. The molecule has 0 radical (unpaired) electrons. The number of carbonyl (C=O) groups is 1. The second-order valence-electron chi connectivity index (χ2n) is 5.92. The van der Waals surface area contributed by atoms with Gasteiger partial charge in [-0.05, 0) is 55.0 Å². The summed E-state index contributed by atoms with van der Waals surface area (Å²) in [6.07, 6.45) is 2.69. The van der Waals surface area contributed by atoms with E-state index >= 15 is 0 Å². The van der Waals surface area contributed by atoms with Gasteiger partial charge >= 0.3 is 0 Å². The molecular formula is C16H24N2O2. The Labute approximate surface area is 120 Å². The van der Waals surface area contributed by atoms with Crippen LogP contribution in [0.2, 0.25) is 0 Å². The molecule has 20 heavy (non-hydrogen) atoms. The molecule has 1 unspecified atom stereocenters. The van der Waals surface area contributed by atoms with Crippen LogP contribution in [0, 0.1) is 5.92 Å². The zero-order valence-electron chi connectivity index (χ0n) is 12.5. The second-order valence-corrected chi connectivity index (χ2v) is 5.92. The van der Waals surface area contributed by atoms with E-state index in [2.05, 4.69) is 19.2 Å². The van der Waals surface area contributed by atoms with Gasteiger partial charge in [-0.3, -0.25) is 10.1 Å². The molecule has 2 rings (SSSR count). The minimum Gasteiger partial charge on any atom is -0.497 e. The van der Waals surface area contributed by atoms with Crippen LogP contribution in [-0.4, -0.2) is 19.6 Å². The lowest BCUT2D eigenvalue weighted by molar-refractivity contribution is -0.125. The maximum Gasteiger partial charge on any atom is 0.242 e. The van der Waals surface area contributed by atoms with Gasteiger partial charge in [0.2, 0.25) is 5.91 Å². The first kappa shape index (κ1) is 14.9. The number of primary amides is 1. The highest BCUT2D eigenvalue weighted by Gasteiger charge is 2.41. The van der Waals surface area contributed by atoms with Crippen molar-refractivity contribution >= 4 is 5.91 Å². The molecule has 3 N–H and O–H groups in total. The number of nitrogens with one attached hydrogen (secondary N) is 1. The molecule has 4 nitrogen and oxygen atoms in total. The monoisotopic (exact) mass is 276 g/mol. The predicted molar refractivity (Wildman–Crippen MR) is 79.6 cm³/mol. The maximum atomic E-state index is 12.2. The highest BCUT2D eigenvalue weighted by Crippen LogP contribution is 2.37. The number of hydrogen-bond acceptors (Lipinski definition) is 3. The van der Waals surface area contributed by atoms with Crippen LogP contribution in [0.15, 0.2) is 18.2 Å². The maximum absolute atomic E-state index is 12.2. The summed E-state index contributed by atoms with van der Waals surface area (Å²) in [4.78, 5) is 12.2. The van der Waals surface area contributed by atoms with E-state index in [-0.39, 0.29) is 5.91 Å². The number of nitrogens with two attached hydrogens (primary N) is 1. The van der Waals surface area contributed by atoms with Crippen molar-refractivity contribution in [3.8, 4) is 5.75 Å². The van der Waals surface area contributed by atoms with Gasteiger partial charge in [0.25, 0.3) is 0 Å². The lowest BCUT2D eigenvalue weighted by Crippen LogP contribution is -2.55. The van der Waals surface area contributed by atoms with Crippen LogP contribution in [0.1, 0.15) is 37.8 Å². The summed E-state index contributed by atoms with van der Waals surface area (Å²) in [6, 6.07) is 5.94. The first-order valence-corrected chi connectivity index (χ1v) is 7.22. The fourth-order valence-electron chi connectivity index (χ4n) is 2.88. The van der Waals surface area contributed by atoms with Crippen molar-refractivity contribution in [2.45, 2.75) is 38.6 Å². The van der Waals surface area contributed by atoms with Crippen molar-refractivity contribution < 1.29 is 9.53 Å². The Morgan fingerprint density at radius 1 is 1.50 bits per heavy atom. The molecule has 0 saturated carbocycles. The number of aryl methyl sites for hydroxylation is 1. The average molecular weight is 276 g/mol.